The fourth-order valence-electron chi connectivity index (χ4n) is 1.20. The topological polar surface area (TPSA) is 51.8 Å². The van der Waals surface area contributed by atoms with E-state index in [2.05, 4.69) is 25.9 Å². The average molecular weight is 285 g/mol. The monoisotopic (exact) mass is 283 g/mol. The molecule has 0 atom stereocenters. The van der Waals surface area contributed by atoms with Gasteiger partial charge in [0.2, 0.25) is 0 Å². The largest absolute Gasteiger partial charge is 0.382 e. The van der Waals surface area contributed by atoms with E-state index in [4.69, 9.17) is 17.3 Å². The third-order valence-electron chi connectivity index (χ3n) is 1.89. The number of anilines is 1. The minimum absolute atomic E-state index is 0.403. The van der Waals surface area contributed by atoms with E-state index >= 15 is 0 Å². The molecule has 0 saturated heterocycles. The molecule has 0 bridgehead atoms. The van der Waals surface area contributed by atoms with Crippen molar-refractivity contribution in [2.75, 3.05) is 5.73 Å². The minimum Gasteiger partial charge on any atom is -0.382 e. The number of hydrogen-bond acceptors (Lipinski definition) is 3. The first kappa shape index (κ1) is 10.4. The molecule has 1 heterocycles. The van der Waals surface area contributed by atoms with Gasteiger partial charge in [0.25, 0.3) is 0 Å². The molecule has 0 aliphatic carbocycles. The first-order chi connectivity index (χ1) is 7.16. The van der Waals surface area contributed by atoms with Crippen molar-refractivity contribution in [3.63, 3.8) is 0 Å². The number of halogens is 2. The van der Waals surface area contributed by atoms with Gasteiger partial charge in [0.05, 0.1) is 6.20 Å². The lowest BCUT2D eigenvalue weighted by Crippen LogP contribution is -1.96. The van der Waals surface area contributed by atoms with Crippen molar-refractivity contribution in [3.05, 3.63) is 40.1 Å². The van der Waals surface area contributed by atoms with Crippen LogP contribution in [0.4, 0.5) is 5.82 Å². The van der Waals surface area contributed by atoms with Crippen LogP contribution >= 0.6 is 27.5 Å². The fourth-order valence-corrected chi connectivity index (χ4v) is 1.60. The first-order valence-corrected chi connectivity index (χ1v) is 5.38. The zero-order valence-electron chi connectivity index (χ0n) is 7.61. The highest BCUT2D eigenvalue weighted by Crippen LogP contribution is 2.24. The maximum absolute atomic E-state index is 5.79. The van der Waals surface area contributed by atoms with Gasteiger partial charge in [-0.05, 0) is 28.1 Å². The van der Waals surface area contributed by atoms with E-state index in [1.54, 1.807) is 18.3 Å². The van der Waals surface area contributed by atoms with Crippen LogP contribution < -0.4 is 5.73 Å². The molecule has 3 nitrogen and oxygen atoms in total. The first-order valence-electron chi connectivity index (χ1n) is 4.21. The van der Waals surface area contributed by atoms with Crippen LogP contribution in [-0.2, 0) is 0 Å². The number of benzene rings is 1. The van der Waals surface area contributed by atoms with Crippen LogP contribution in [0.15, 0.2) is 35.1 Å². The van der Waals surface area contributed by atoms with Gasteiger partial charge in [-0.2, -0.15) is 0 Å². The highest BCUT2D eigenvalue weighted by Gasteiger charge is 2.05. The highest BCUT2D eigenvalue weighted by molar-refractivity contribution is 9.10. The molecule has 1 aromatic heterocycles. The Labute approximate surface area is 100 Å². The molecule has 0 radical (unpaired) electrons. The Balaban J connectivity index is 2.53. The Morgan fingerprint density at radius 3 is 2.53 bits per heavy atom. The van der Waals surface area contributed by atoms with Crippen LogP contribution in [0.25, 0.3) is 11.3 Å². The Morgan fingerprint density at radius 2 is 1.87 bits per heavy atom. The van der Waals surface area contributed by atoms with Gasteiger partial charge in [0.15, 0.2) is 0 Å². The number of nitrogens with two attached hydrogens (primary N) is 1. The molecule has 0 aliphatic rings. The van der Waals surface area contributed by atoms with Crippen molar-refractivity contribution < 1.29 is 0 Å². The van der Waals surface area contributed by atoms with Gasteiger partial charge in [-0.15, -0.1) is 0 Å². The molecule has 0 unspecified atom stereocenters. The SMILES string of the molecule is Nc1ncc(Br)nc1-c1ccc(Cl)cc1. The third kappa shape index (κ3) is 2.27. The average Bonchev–Trinajstić information content (AvgIpc) is 2.23. The van der Waals surface area contributed by atoms with Gasteiger partial charge >= 0.3 is 0 Å². The van der Waals surface area contributed by atoms with Crippen LogP contribution in [0.5, 0.6) is 0 Å². The molecule has 0 saturated carbocycles. The van der Waals surface area contributed by atoms with Crippen molar-refractivity contribution in [2.45, 2.75) is 0 Å². The van der Waals surface area contributed by atoms with Gasteiger partial charge < -0.3 is 5.73 Å². The summed E-state index contributed by atoms with van der Waals surface area (Å²) in [5.41, 5.74) is 7.28. The zero-order valence-corrected chi connectivity index (χ0v) is 9.96. The van der Waals surface area contributed by atoms with Crippen LogP contribution in [0.1, 0.15) is 0 Å². The van der Waals surface area contributed by atoms with E-state index < -0.39 is 0 Å². The number of rotatable bonds is 1. The normalized spacial score (nSPS) is 10.3. The van der Waals surface area contributed by atoms with E-state index in [0.29, 0.717) is 21.1 Å². The lowest BCUT2D eigenvalue weighted by molar-refractivity contribution is 1.18. The van der Waals surface area contributed by atoms with Crippen LogP contribution in [0, 0.1) is 0 Å². The second kappa shape index (κ2) is 4.16. The molecule has 2 aromatic rings. The van der Waals surface area contributed by atoms with Crippen molar-refractivity contribution in [2.24, 2.45) is 0 Å². The van der Waals surface area contributed by atoms with Gasteiger partial charge in [-0.25, -0.2) is 9.97 Å². The smallest absolute Gasteiger partial charge is 0.150 e. The predicted octanol–water partition coefficient (Wildman–Crippen LogP) is 3.14. The summed E-state index contributed by atoms with van der Waals surface area (Å²) >= 11 is 9.05. The predicted molar refractivity (Wildman–Crippen MR) is 64.6 cm³/mol. The van der Waals surface area contributed by atoms with Gasteiger partial charge in [-0.3, -0.25) is 0 Å². The minimum atomic E-state index is 0.403. The summed E-state index contributed by atoms with van der Waals surface area (Å²) in [5, 5.41) is 0.681. The van der Waals surface area contributed by atoms with Crippen molar-refractivity contribution >= 4 is 33.3 Å². The van der Waals surface area contributed by atoms with Gasteiger partial charge in [0, 0.05) is 10.6 Å². The molecule has 0 fully saturated rings. The van der Waals surface area contributed by atoms with Gasteiger partial charge in [0.1, 0.15) is 16.1 Å². The molecule has 1 aromatic carbocycles. The van der Waals surface area contributed by atoms with E-state index in [0.717, 1.165) is 5.56 Å². The maximum atomic E-state index is 5.79. The lowest BCUT2D eigenvalue weighted by atomic mass is 10.1. The summed E-state index contributed by atoms with van der Waals surface area (Å²) in [5.74, 6) is 0.403. The van der Waals surface area contributed by atoms with Crippen molar-refractivity contribution in [1.29, 1.82) is 0 Å². The third-order valence-corrected chi connectivity index (χ3v) is 2.52. The summed E-state index contributed by atoms with van der Waals surface area (Å²) in [4.78, 5) is 8.27. The Bertz CT molecular complexity index is 485. The van der Waals surface area contributed by atoms with E-state index in [-0.39, 0.29) is 0 Å². The van der Waals surface area contributed by atoms with Crippen LogP contribution in [0.2, 0.25) is 5.02 Å². The molecule has 0 aliphatic heterocycles. The molecule has 2 N–H and O–H groups in total. The molecule has 5 heteroatoms. The summed E-state index contributed by atoms with van der Waals surface area (Å²) in [6.45, 7) is 0. The van der Waals surface area contributed by atoms with Gasteiger partial charge in [-0.1, -0.05) is 23.7 Å². The molecule has 15 heavy (non-hydrogen) atoms. The Hall–Kier alpha value is -1.13. The van der Waals surface area contributed by atoms with E-state index in [1.165, 1.54) is 0 Å². The number of nitrogens with zero attached hydrogens (tertiary/aromatic N) is 2. The maximum Gasteiger partial charge on any atom is 0.150 e. The lowest BCUT2D eigenvalue weighted by Gasteiger charge is -2.04. The van der Waals surface area contributed by atoms with E-state index in [9.17, 15) is 0 Å². The molecular formula is C10H7BrClN3. The van der Waals surface area contributed by atoms with Crippen LogP contribution in [-0.4, -0.2) is 9.97 Å². The summed E-state index contributed by atoms with van der Waals surface area (Å²) in [6, 6.07) is 7.29. The number of nitrogen functional groups attached to an aromatic ring is 1. The molecular weight excluding hydrogens is 277 g/mol. The zero-order chi connectivity index (χ0) is 10.8. The molecule has 2 rings (SSSR count). The quantitative estimate of drug-likeness (QED) is 0.875. The Kier molecular flexibility index (Phi) is 2.88. The van der Waals surface area contributed by atoms with Crippen LogP contribution in [0.3, 0.4) is 0 Å². The molecule has 0 spiro atoms. The second-order valence-electron chi connectivity index (χ2n) is 2.93. The summed E-state index contributed by atoms with van der Waals surface area (Å²) in [6.07, 6.45) is 1.56. The Morgan fingerprint density at radius 1 is 1.20 bits per heavy atom. The standard InChI is InChI=1S/C10H7BrClN3/c11-8-5-14-10(13)9(15-8)6-1-3-7(12)4-2-6/h1-5H,(H2,13,14). The van der Waals surface area contributed by atoms with E-state index in [1.807, 2.05) is 12.1 Å². The highest BCUT2D eigenvalue weighted by atomic mass is 79.9. The van der Waals surface area contributed by atoms with Crippen molar-refractivity contribution in [3.8, 4) is 11.3 Å². The fraction of sp³-hybridized carbons (Fsp3) is 0. The summed E-state index contributed by atoms with van der Waals surface area (Å²) in [7, 11) is 0. The summed E-state index contributed by atoms with van der Waals surface area (Å²) < 4.78 is 0.654. The number of aromatic nitrogens is 2. The molecule has 76 valence electrons. The molecule has 0 amide bonds. The second-order valence-corrected chi connectivity index (χ2v) is 4.18. The van der Waals surface area contributed by atoms with Crippen molar-refractivity contribution in [1.82, 2.24) is 9.97 Å². The number of hydrogen-bond donors (Lipinski definition) is 1.